The third kappa shape index (κ3) is 1.56. The van der Waals surface area contributed by atoms with Crippen LogP contribution in [0.1, 0.15) is 26.5 Å². The molecule has 3 nitrogen and oxygen atoms in total. The molecule has 1 heterocycles. The Morgan fingerprint density at radius 1 is 1.27 bits per heavy atom. The summed E-state index contributed by atoms with van der Waals surface area (Å²) < 4.78 is 12.9. The Morgan fingerprint density at radius 2 is 1.82 bits per heavy atom. The molecule has 0 bridgehead atoms. The van der Waals surface area contributed by atoms with Gasteiger partial charge in [-0.2, -0.15) is 14.3 Å². The van der Waals surface area contributed by atoms with Crippen LogP contribution in [0.5, 0.6) is 0 Å². The first-order chi connectivity index (χ1) is 4.91. The summed E-state index contributed by atoms with van der Waals surface area (Å²) in [6.45, 7) is 5.71. The van der Waals surface area contributed by atoms with Crippen molar-refractivity contribution in [3.63, 3.8) is 0 Å². The number of nitrogens with zero attached hydrogens (tertiary/aromatic N) is 3. The molecule has 0 amide bonds. The van der Waals surface area contributed by atoms with Crippen LogP contribution in [0, 0.1) is 5.95 Å². The van der Waals surface area contributed by atoms with Crippen LogP contribution >= 0.6 is 0 Å². The van der Waals surface area contributed by atoms with Crippen LogP contribution in [-0.2, 0) is 12.5 Å². The van der Waals surface area contributed by atoms with Crippen LogP contribution in [-0.4, -0.2) is 15.0 Å². The standard InChI is InChI=1S/C7H12FN3/c1-7(2,3)5-6(8)10-11(4)9-5/h1-4H3. The molecular formula is C7H12FN3. The number of aromatic nitrogens is 3. The monoisotopic (exact) mass is 157 g/mol. The fraction of sp³-hybridized carbons (Fsp3) is 0.714. The van der Waals surface area contributed by atoms with Crippen molar-refractivity contribution in [3.05, 3.63) is 11.6 Å². The molecule has 11 heavy (non-hydrogen) atoms. The van der Waals surface area contributed by atoms with Crippen molar-refractivity contribution in [3.8, 4) is 0 Å². The van der Waals surface area contributed by atoms with E-state index in [0.717, 1.165) is 0 Å². The molecule has 1 rings (SSSR count). The van der Waals surface area contributed by atoms with Gasteiger partial charge in [-0.25, -0.2) is 0 Å². The number of aryl methyl sites for hydroxylation is 1. The molecular weight excluding hydrogens is 145 g/mol. The van der Waals surface area contributed by atoms with Crippen LogP contribution < -0.4 is 0 Å². The molecule has 0 saturated heterocycles. The molecule has 0 aliphatic heterocycles. The molecule has 0 aliphatic carbocycles. The summed E-state index contributed by atoms with van der Waals surface area (Å²) in [7, 11) is 1.61. The van der Waals surface area contributed by atoms with Crippen molar-refractivity contribution in [2.24, 2.45) is 7.05 Å². The predicted molar refractivity (Wildman–Crippen MR) is 39.7 cm³/mol. The summed E-state index contributed by atoms with van der Waals surface area (Å²) >= 11 is 0. The van der Waals surface area contributed by atoms with E-state index in [9.17, 15) is 4.39 Å². The van der Waals surface area contributed by atoms with E-state index in [4.69, 9.17) is 0 Å². The van der Waals surface area contributed by atoms with E-state index in [1.54, 1.807) is 7.05 Å². The zero-order chi connectivity index (χ0) is 8.65. The van der Waals surface area contributed by atoms with E-state index in [1.807, 2.05) is 20.8 Å². The first kappa shape index (κ1) is 8.17. The van der Waals surface area contributed by atoms with Gasteiger partial charge in [0.05, 0.1) is 0 Å². The van der Waals surface area contributed by atoms with E-state index < -0.39 is 5.95 Å². The van der Waals surface area contributed by atoms with Crippen molar-refractivity contribution in [2.45, 2.75) is 26.2 Å². The SMILES string of the molecule is Cn1nc(F)c(C(C)(C)C)n1. The number of halogens is 1. The van der Waals surface area contributed by atoms with Crippen LogP contribution in [0.4, 0.5) is 4.39 Å². The first-order valence-electron chi connectivity index (χ1n) is 3.48. The number of hydrogen-bond donors (Lipinski definition) is 0. The Morgan fingerprint density at radius 3 is 2.00 bits per heavy atom. The van der Waals surface area contributed by atoms with Gasteiger partial charge in [0, 0.05) is 12.5 Å². The highest BCUT2D eigenvalue weighted by Crippen LogP contribution is 2.20. The van der Waals surface area contributed by atoms with Crippen LogP contribution in [0.15, 0.2) is 0 Å². The van der Waals surface area contributed by atoms with Gasteiger partial charge in [0.15, 0.2) is 0 Å². The molecule has 0 atom stereocenters. The molecule has 4 heteroatoms. The third-order valence-corrected chi connectivity index (χ3v) is 1.38. The minimum Gasteiger partial charge on any atom is -0.185 e. The van der Waals surface area contributed by atoms with E-state index in [-0.39, 0.29) is 5.41 Å². The lowest BCUT2D eigenvalue weighted by molar-refractivity contribution is 0.497. The zero-order valence-corrected chi connectivity index (χ0v) is 7.22. The lowest BCUT2D eigenvalue weighted by atomic mass is 9.93. The second-order valence-corrected chi connectivity index (χ2v) is 3.58. The van der Waals surface area contributed by atoms with E-state index in [0.29, 0.717) is 5.69 Å². The second-order valence-electron chi connectivity index (χ2n) is 3.58. The molecule has 0 aromatic carbocycles. The topological polar surface area (TPSA) is 30.7 Å². The Hall–Kier alpha value is -0.930. The summed E-state index contributed by atoms with van der Waals surface area (Å²) in [5.74, 6) is -0.472. The van der Waals surface area contributed by atoms with Gasteiger partial charge in [-0.15, -0.1) is 5.10 Å². The molecule has 0 saturated carbocycles. The maximum absolute atomic E-state index is 12.9. The quantitative estimate of drug-likeness (QED) is 0.567. The first-order valence-corrected chi connectivity index (χ1v) is 3.48. The largest absolute Gasteiger partial charge is 0.256 e. The maximum Gasteiger partial charge on any atom is 0.256 e. The van der Waals surface area contributed by atoms with Crippen LogP contribution in [0.2, 0.25) is 0 Å². The minimum atomic E-state index is -0.472. The maximum atomic E-state index is 12.9. The van der Waals surface area contributed by atoms with Gasteiger partial charge < -0.3 is 0 Å². The van der Waals surface area contributed by atoms with Crippen LogP contribution in [0.3, 0.4) is 0 Å². The van der Waals surface area contributed by atoms with Gasteiger partial charge in [-0.1, -0.05) is 20.8 Å². The third-order valence-electron chi connectivity index (χ3n) is 1.38. The second kappa shape index (κ2) is 2.29. The normalized spacial score (nSPS) is 12.1. The van der Waals surface area contributed by atoms with E-state index in [2.05, 4.69) is 10.2 Å². The fourth-order valence-electron chi connectivity index (χ4n) is 0.842. The van der Waals surface area contributed by atoms with Gasteiger partial charge in [0.2, 0.25) is 0 Å². The highest BCUT2D eigenvalue weighted by molar-refractivity contribution is 5.07. The van der Waals surface area contributed by atoms with Crippen molar-refractivity contribution >= 4 is 0 Å². The average molecular weight is 157 g/mol. The Labute approximate surface area is 65.2 Å². The van der Waals surface area contributed by atoms with Gasteiger partial charge in [0.1, 0.15) is 5.69 Å². The van der Waals surface area contributed by atoms with Crippen LogP contribution in [0.25, 0.3) is 0 Å². The molecule has 0 radical (unpaired) electrons. The van der Waals surface area contributed by atoms with Crippen molar-refractivity contribution < 1.29 is 4.39 Å². The highest BCUT2D eigenvalue weighted by Gasteiger charge is 2.23. The van der Waals surface area contributed by atoms with Gasteiger partial charge in [-0.05, 0) is 0 Å². The predicted octanol–water partition coefficient (Wildman–Crippen LogP) is 1.25. The van der Waals surface area contributed by atoms with Crippen molar-refractivity contribution in [2.75, 3.05) is 0 Å². The van der Waals surface area contributed by atoms with E-state index in [1.165, 1.54) is 4.80 Å². The minimum absolute atomic E-state index is 0.266. The van der Waals surface area contributed by atoms with Crippen molar-refractivity contribution in [1.29, 1.82) is 0 Å². The molecule has 1 aromatic heterocycles. The Kier molecular flexibility index (Phi) is 1.70. The fourth-order valence-corrected chi connectivity index (χ4v) is 0.842. The Bertz CT molecular complexity index is 259. The average Bonchev–Trinajstić information content (AvgIpc) is 2.08. The highest BCUT2D eigenvalue weighted by atomic mass is 19.1. The Balaban J connectivity index is 3.13. The molecule has 0 fully saturated rings. The molecule has 62 valence electrons. The number of rotatable bonds is 0. The molecule has 0 aliphatic rings. The molecule has 0 unspecified atom stereocenters. The van der Waals surface area contributed by atoms with Gasteiger partial charge in [0.25, 0.3) is 5.95 Å². The van der Waals surface area contributed by atoms with Gasteiger partial charge >= 0.3 is 0 Å². The molecule has 0 spiro atoms. The lowest BCUT2D eigenvalue weighted by Gasteiger charge is -2.13. The molecule has 0 N–H and O–H groups in total. The van der Waals surface area contributed by atoms with E-state index >= 15 is 0 Å². The summed E-state index contributed by atoms with van der Waals surface area (Å²) in [5.41, 5.74) is 0.151. The molecule has 1 aromatic rings. The summed E-state index contributed by atoms with van der Waals surface area (Å²) in [4.78, 5) is 1.25. The number of hydrogen-bond acceptors (Lipinski definition) is 2. The van der Waals surface area contributed by atoms with Crippen molar-refractivity contribution in [1.82, 2.24) is 15.0 Å². The zero-order valence-electron chi connectivity index (χ0n) is 7.22. The summed E-state index contributed by atoms with van der Waals surface area (Å²) in [5, 5.41) is 7.43. The van der Waals surface area contributed by atoms with Gasteiger partial charge in [-0.3, -0.25) is 0 Å². The summed E-state index contributed by atoms with van der Waals surface area (Å²) in [6, 6.07) is 0. The summed E-state index contributed by atoms with van der Waals surface area (Å²) in [6.07, 6.45) is 0. The smallest absolute Gasteiger partial charge is 0.185 e. The lowest BCUT2D eigenvalue weighted by Crippen LogP contribution is -2.14.